The van der Waals surface area contributed by atoms with Gasteiger partial charge in [-0.2, -0.15) is 4.31 Å². The van der Waals surface area contributed by atoms with E-state index in [1.807, 2.05) is 19.1 Å². The van der Waals surface area contributed by atoms with Crippen LogP contribution in [0.5, 0.6) is 0 Å². The number of piperazine rings is 1. The molecule has 0 aromatic heterocycles. The molecule has 0 aliphatic carbocycles. The van der Waals surface area contributed by atoms with Crippen molar-refractivity contribution in [3.63, 3.8) is 0 Å². The topological polar surface area (TPSA) is 57.7 Å². The van der Waals surface area contributed by atoms with E-state index in [1.165, 1.54) is 4.31 Å². The first-order chi connectivity index (χ1) is 9.54. The Morgan fingerprint density at radius 1 is 1.10 bits per heavy atom. The van der Waals surface area contributed by atoms with Gasteiger partial charge in [-0.3, -0.25) is 0 Å². The summed E-state index contributed by atoms with van der Waals surface area (Å²) in [6, 6.07) is 6.94. The SMILES string of the molecule is Cc1ccc(S(=O)(=O)N2CCN(CCC=O)CC2)cc1. The number of carbonyl (C=O) groups is 1. The average Bonchev–Trinajstić information content (AvgIpc) is 2.46. The van der Waals surface area contributed by atoms with E-state index < -0.39 is 10.0 Å². The molecular formula is C14H20N2O3S. The van der Waals surface area contributed by atoms with Gasteiger partial charge in [0.2, 0.25) is 10.0 Å². The van der Waals surface area contributed by atoms with Gasteiger partial charge < -0.3 is 9.69 Å². The van der Waals surface area contributed by atoms with Crippen molar-refractivity contribution in [1.82, 2.24) is 9.21 Å². The summed E-state index contributed by atoms with van der Waals surface area (Å²) < 4.78 is 26.5. The molecule has 1 saturated heterocycles. The van der Waals surface area contributed by atoms with E-state index in [-0.39, 0.29) is 0 Å². The first-order valence-corrected chi connectivity index (χ1v) is 8.21. The number of aryl methyl sites for hydroxylation is 1. The van der Waals surface area contributed by atoms with E-state index in [0.717, 1.165) is 11.8 Å². The Bertz CT molecular complexity index is 546. The molecule has 0 bridgehead atoms. The molecule has 0 spiro atoms. The number of benzene rings is 1. The summed E-state index contributed by atoms with van der Waals surface area (Å²) in [6.45, 7) is 4.96. The first kappa shape index (κ1) is 15.2. The normalized spacial score (nSPS) is 18.1. The van der Waals surface area contributed by atoms with Crippen molar-refractivity contribution in [2.24, 2.45) is 0 Å². The smallest absolute Gasteiger partial charge is 0.243 e. The first-order valence-electron chi connectivity index (χ1n) is 6.77. The van der Waals surface area contributed by atoms with E-state index in [1.54, 1.807) is 12.1 Å². The molecule has 20 heavy (non-hydrogen) atoms. The Hall–Kier alpha value is -1.24. The van der Waals surface area contributed by atoms with Gasteiger partial charge in [0.15, 0.2) is 0 Å². The van der Waals surface area contributed by atoms with Gasteiger partial charge in [-0.15, -0.1) is 0 Å². The number of hydrogen-bond acceptors (Lipinski definition) is 4. The maximum Gasteiger partial charge on any atom is 0.243 e. The highest BCUT2D eigenvalue weighted by atomic mass is 32.2. The summed E-state index contributed by atoms with van der Waals surface area (Å²) in [6.07, 6.45) is 1.40. The van der Waals surface area contributed by atoms with Crippen molar-refractivity contribution in [1.29, 1.82) is 0 Å². The molecule has 0 amide bonds. The van der Waals surface area contributed by atoms with Gasteiger partial charge in [0.05, 0.1) is 4.90 Å². The van der Waals surface area contributed by atoms with Gasteiger partial charge in [0, 0.05) is 39.1 Å². The number of nitrogens with zero attached hydrogens (tertiary/aromatic N) is 2. The van der Waals surface area contributed by atoms with Crippen molar-refractivity contribution < 1.29 is 13.2 Å². The van der Waals surface area contributed by atoms with Crippen LogP contribution in [0.2, 0.25) is 0 Å². The fourth-order valence-corrected chi connectivity index (χ4v) is 3.71. The molecule has 0 radical (unpaired) electrons. The lowest BCUT2D eigenvalue weighted by Crippen LogP contribution is -2.48. The highest BCUT2D eigenvalue weighted by Crippen LogP contribution is 2.18. The molecule has 1 fully saturated rings. The molecule has 6 heteroatoms. The Kier molecular flexibility index (Phi) is 4.91. The second-order valence-corrected chi connectivity index (χ2v) is 6.95. The largest absolute Gasteiger partial charge is 0.303 e. The van der Waals surface area contributed by atoms with E-state index in [4.69, 9.17) is 0 Å². The second-order valence-electron chi connectivity index (χ2n) is 5.01. The third-order valence-electron chi connectivity index (χ3n) is 3.55. The molecule has 1 aromatic carbocycles. The minimum Gasteiger partial charge on any atom is -0.303 e. The highest BCUT2D eigenvalue weighted by molar-refractivity contribution is 7.89. The van der Waals surface area contributed by atoms with Crippen molar-refractivity contribution >= 4 is 16.3 Å². The maximum atomic E-state index is 12.5. The molecule has 1 aromatic rings. The van der Waals surface area contributed by atoms with Crippen LogP contribution in [0.25, 0.3) is 0 Å². The summed E-state index contributed by atoms with van der Waals surface area (Å²) in [5.74, 6) is 0. The molecule has 2 rings (SSSR count). The molecule has 0 unspecified atom stereocenters. The fraction of sp³-hybridized carbons (Fsp3) is 0.500. The summed E-state index contributed by atoms with van der Waals surface area (Å²) in [5, 5.41) is 0. The molecule has 0 N–H and O–H groups in total. The predicted molar refractivity (Wildman–Crippen MR) is 77.1 cm³/mol. The molecule has 1 heterocycles. The summed E-state index contributed by atoms with van der Waals surface area (Å²) in [5.41, 5.74) is 1.04. The van der Waals surface area contributed by atoms with Crippen LogP contribution in [0.15, 0.2) is 29.2 Å². The van der Waals surface area contributed by atoms with E-state index in [2.05, 4.69) is 4.90 Å². The summed E-state index contributed by atoms with van der Waals surface area (Å²) in [7, 11) is -3.39. The molecule has 1 aliphatic rings. The van der Waals surface area contributed by atoms with Gasteiger partial charge in [-0.25, -0.2) is 8.42 Å². The molecule has 110 valence electrons. The van der Waals surface area contributed by atoms with Crippen LogP contribution in [-0.4, -0.2) is 56.6 Å². The van der Waals surface area contributed by atoms with E-state index in [0.29, 0.717) is 44.0 Å². The zero-order chi connectivity index (χ0) is 14.6. The summed E-state index contributed by atoms with van der Waals surface area (Å²) >= 11 is 0. The van der Waals surface area contributed by atoms with Gasteiger partial charge in [-0.05, 0) is 19.1 Å². The third-order valence-corrected chi connectivity index (χ3v) is 5.47. The van der Waals surface area contributed by atoms with Crippen LogP contribution < -0.4 is 0 Å². The Balaban J connectivity index is 2.02. The van der Waals surface area contributed by atoms with Crippen LogP contribution >= 0.6 is 0 Å². The van der Waals surface area contributed by atoms with Crippen LogP contribution in [-0.2, 0) is 14.8 Å². The van der Waals surface area contributed by atoms with Crippen molar-refractivity contribution in [3.05, 3.63) is 29.8 Å². The van der Waals surface area contributed by atoms with E-state index in [9.17, 15) is 13.2 Å². The monoisotopic (exact) mass is 296 g/mol. The fourth-order valence-electron chi connectivity index (χ4n) is 2.29. The zero-order valence-electron chi connectivity index (χ0n) is 11.7. The standard InChI is InChI=1S/C14H20N2O3S/c1-13-3-5-14(6-4-13)20(18,19)16-10-8-15(9-11-16)7-2-12-17/h3-6,12H,2,7-11H2,1H3. The zero-order valence-corrected chi connectivity index (χ0v) is 12.5. The number of carbonyl (C=O) groups excluding carboxylic acids is 1. The van der Waals surface area contributed by atoms with Crippen LogP contribution in [0.3, 0.4) is 0 Å². The molecular weight excluding hydrogens is 276 g/mol. The third kappa shape index (κ3) is 3.45. The maximum absolute atomic E-state index is 12.5. The number of rotatable bonds is 5. The lowest BCUT2D eigenvalue weighted by molar-refractivity contribution is -0.108. The molecule has 1 aliphatic heterocycles. The Labute approximate surface area is 120 Å². The lowest BCUT2D eigenvalue weighted by Gasteiger charge is -2.33. The molecule has 0 saturated carbocycles. The van der Waals surface area contributed by atoms with Crippen molar-refractivity contribution in [3.8, 4) is 0 Å². The Morgan fingerprint density at radius 3 is 2.25 bits per heavy atom. The minimum absolute atomic E-state index is 0.351. The van der Waals surface area contributed by atoms with Gasteiger partial charge in [-0.1, -0.05) is 17.7 Å². The highest BCUT2D eigenvalue weighted by Gasteiger charge is 2.27. The van der Waals surface area contributed by atoms with Gasteiger partial charge in [0.25, 0.3) is 0 Å². The van der Waals surface area contributed by atoms with E-state index >= 15 is 0 Å². The summed E-state index contributed by atoms with van der Waals surface area (Å²) in [4.78, 5) is 12.8. The predicted octanol–water partition coefficient (Wildman–Crippen LogP) is 0.890. The quantitative estimate of drug-likeness (QED) is 0.757. The lowest BCUT2D eigenvalue weighted by atomic mass is 10.2. The van der Waals surface area contributed by atoms with Gasteiger partial charge >= 0.3 is 0 Å². The Morgan fingerprint density at radius 2 is 1.70 bits per heavy atom. The molecule has 5 nitrogen and oxygen atoms in total. The number of aldehydes is 1. The average molecular weight is 296 g/mol. The van der Waals surface area contributed by atoms with Crippen LogP contribution in [0, 0.1) is 6.92 Å². The van der Waals surface area contributed by atoms with Crippen molar-refractivity contribution in [2.45, 2.75) is 18.2 Å². The molecule has 0 atom stereocenters. The van der Waals surface area contributed by atoms with Crippen LogP contribution in [0.4, 0.5) is 0 Å². The van der Waals surface area contributed by atoms with Gasteiger partial charge in [0.1, 0.15) is 6.29 Å². The van der Waals surface area contributed by atoms with Crippen molar-refractivity contribution in [2.75, 3.05) is 32.7 Å². The number of sulfonamides is 1. The van der Waals surface area contributed by atoms with Crippen LogP contribution in [0.1, 0.15) is 12.0 Å². The second kappa shape index (κ2) is 6.47. The number of hydrogen-bond donors (Lipinski definition) is 0. The minimum atomic E-state index is -3.39.